The Morgan fingerprint density at radius 2 is 1.90 bits per heavy atom. The molecular formula is C16H20FN3O. The van der Waals surface area contributed by atoms with Gasteiger partial charge in [-0.2, -0.15) is 4.98 Å². The third kappa shape index (κ3) is 3.13. The smallest absolute Gasteiger partial charge is 0.223 e. The molecule has 0 saturated heterocycles. The monoisotopic (exact) mass is 289 g/mol. The fourth-order valence-electron chi connectivity index (χ4n) is 3.00. The van der Waals surface area contributed by atoms with E-state index in [1.165, 1.54) is 18.6 Å². The van der Waals surface area contributed by atoms with E-state index in [4.69, 9.17) is 4.52 Å². The van der Waals surface area contributed by atoms with Crippen molar-refractivity contribution in [2.45, 2.75) is 51.1 Å². The van der Waals surface area contributed by atoms with Crippen molar-refractivity contribution in [3.8, 4) is 0 Å². The molecule has 0 aliphatic heterocycles. The maximum absolute atomic E-state index is 13.0. The van der Waals surface area contributed by atoms with Crippen molar-refractivity contribution < 1.29 is 8.91 Å². The fourth-order valence-corrected chi connectivity index (χ4v) is 3.00. The highest BCUT2D eigenvalue weighted by molar-refractivity contribution is 5.17. The lowest BCUT2D eigenvalue weighted by Gasteiger charge is -2.35. The van der Waals surface area contributed by atoms with E-state index < -0.39 is 0 Å². The van der Waals surface area contributed by atoms with Crippen molar-refractivity contribution in [1.29, 1.82) is 0 Å². The molecule has 2 aromatic rings. The van der Waals surface area contributed by atoms with Crippen LogP contribution in [-0.2, 0) is 12.1 Å². The quantitative estimate of drug-likeness (QED) is 0.936. The van der Waals surface area contributed by atoms with Gasteiger partial charge in [-0.25, -0.2) is 4.39 Å². The second kappa shape index (κ2) is 5.93. The minimum Gasteiger partial charge on any atom is -0.340 e. The van der Waals surface area contributed by atoms with Gasteiger partial charge in [-0.05, 0) is 30.5 Å². The van der Waals surface area contributed by atoms with E-state index >= 15 is 0 Å². The zero-order chi connectivity index (χ0) is 14.7. The van der Waals surface area contributed by atoms with Crippen molar-refractivity contribution >= 4 is 0 Å². The summed E-state index contributed by atoms with van der Waals surface area (Å²) in [5.41, 5.74) is 0.839. The van der Waals surface area contributed by atoms with E-state index in [1.54, 1.807) is 12.1 Å². The Kier molecular flexibility index (Phi) is 4.01. The number of hydrogen-bond donors (Lipinski definition) is 1. The van der Waals surface area contributed by atoms with Gasteiger partial charge in [0, 0.05) is 13.5 Å². The van der Waals surface area contributed by atoms with E-state index in [9.17, 15) is 4.39 Å². The maximum Gasteiger partial charge on any atom is 0.223 e. The van der Waals surface area contributed by atoms with Crippen LogP contribution in [0.2, 0.25) is 0 Å². The third-order valence-corrected chi connectivity index (χ3v) is 4.21. The molecule has 1 fully saturated rings. The maximum atomic E-state index is 13.0. The summed E-state index contributed by atoms with van der Waals surface area (Å²) >= 11 is 0. The number of aryl methyl sites for hydroxylation is 1. The van der Waals surface area contributed by atoms with Gasteiger partial charge in [0.05, 0.1) is 5.54 Å². The second-order valence-corrected chi connectivity index (χ2v) is 5.76. The number of nitrogens with one attached hydrogen (secondary N) is 1. The molecule has 1 N–H and O–H groups in total. The average molecular weight is 289 g/mol. The predicted octanol–water partition coefficient (Wildman–Crippen LogP) is 3.47. The summed E-state index contributed by atoms with van der Waals surface area (Å²) in [5.74, 6) is 1.14. The van der Waals surface area contributed by atoms with Crippen molar-refractivity contribution in [2.75, 3.05) is 0 Å². The van der Waals surface area contributed by atoms with Gasteiger partial charge in [0.25, 0.3) is 0 Å². The van der Waals surface area contributed by atoms with E-state index in [0.717, 1.165) is 37.1 Å². The summed E-state index contributed by atoms with van der Waals surface area (Å²) in [6.45, 7) is 2.49. The lowest BCUT2D eigenvalue weighted by Crippen LogP contribution is -2.44. The first-order valence-corrected chi connectivity index (χ1v) is 7.48. The minimum absolute atomic E-state index is 0.208. The molecule has 0 unspecified atom stereocenters. The van der Waals surface area contributed by atoms with Gasteiger partial charge >= 0.3 is 0 Å². The Morgan fingerprint density at radius 1 is 1.19 bits per heavy atom. The standard InChI is InChI=1S/C16H20FN3O/c1-12-19-15(20-21-12)16(9-3-2-4-10-16)18-11-13-5-7-14(17)8-6-13/h5-8,18H,2-4,9-11H2,1H3. The molecule has 1 heterocycles. The van der Waals surface area contributed by atoms with Crippen LogP contribution in [0.25, 0.3) is 0 Å². The Balaban J connectivity index is 1.78. The SMILES string of the molecule is Cc1nc(C2(NCc3ccc(F)cc3)CCCCC2)no1. The largest absolute Gasteiger partial charge is 0.340 e. The van der Waals surface area contributed by atoms with Crippen molar-refractivity contribution in [1.82, 2.24) is 15.5 Å². The Bertz CT molecular complexity index is 588. The van der Waals surface area contributed by atoms with Crippen LogP contribution in [0.5, 0.6) is 0 Å². The van der Waals surface area contributed by atoms with Gasteiger partial charge in [-0.15, -0.1) is 0 Å². The Hall–Kier alpha value is -1.75. The number of nitrogens with zero attached hydrogens (tertiary/aromatic N) is 2. The average Bonchev–Trinajstić information content (AvgIpc) is 2.95. The van der Waals surface area contributed by atoms with E-state index in [-0.39, 0.29) is 11.4 Å². The number of rotatable bonds is 4. The molecule has 4 nitrogen and oxygen atoms in total. The van der Waals surface area contributed by atoms with Crippen LogP contribution in [0.3, 0.4) is 0 Å². The highest BCUT2D eigenvalue weighted by atomic mass is 19.1. The number of halogens is 1. The lowest BCUT2D eigenvalue weighted by atomic mass is 9.81. The highest BCUT2D eigenvalue weighted by Gasteiger charge is 2.37. The normalized spacial score (nSPS) is 17.8. The Labute approximate surface area is 123 Å². The van der Waals surface area contributed by atoms with Gasteiger partial charge < -0.3 is 9.84 Å². The van der Waals surface area contributed by atoms with E-state index in [1.807, 2.05) is 6.92 Å². The highest BCUT2D eigenvalue weighted by Crippen LogP contribution is 2.35. The number of aromatic nitrogens is 2. The molecule has 5 heteroatoms. The van der Waals surface area contributed by atoms with Gasteiger partial charge in [0.2, 0.25) is 5.89 Å². The second-order valence-electron chi connectivity index (χ2n) is 5.76. The van der Waals surface area contributed by atoms with Crippen LogP contribution in [0.15, 0.2) is 28.8 Å². The van der Waals surface area contributed by atoms with Crippen LogP contribution in [0.1, 0.15) is 49.4 Å². The molecule has 1 aromatic carbocycles. The molecule has 21 heavy (non-hydrogen) atoms. The van der Waals surface area contributed by atoms with Crippen LogP contribution in [-0.4, -0.2) is 10.1 Å². The minimum atomic E-state index is -0.218. The third-order valence-electron chi connectivity index (χ3n) is 4.21. The molecule has 1 aliphatic rings. The van der Waals surface area contributed by atoms with Gasteiger partial charge in [-0.3, -0.25) is 0 Å². The summed E-state index contributed by atoms with van der Waals surface area (Å²) in [6.07, 6.45) is 5.57. The molecule has 0 spiro atoms. The van der Waals surface area contributed by atoms with E-state index in [0.29, 0.717) is 12.4 Å². The molecule has 112 valence electrons. The molecular weight excluding hydrogens is 269 g/mol. The first kappa shape index (κ1) is 14.2. The summed E-state index contributed by atoms with van der Waals surface area (Å²) < 4.78 is 18.1. The first-order chi connectivity index (χ1) is 10.2. The van der Waals surface area contributed by atoms with Gasteiger partial charge in [0.1, 0.15) is 5.82 Å². The first-order valence-electron chi connectivity index (χ1n) is 7.48. The van der Waals surface area contributed by atoms with Crippen LogP contribution < -0.4 is 5.32 Å². The molecule has 1 saturated carbocycles. The lowest BCUT2D eigenvalue weighted by molar-refractivity contribution is 0.211. The van der Waals surface area contributed by atoms with Crippen molar-refractivity contribution in [3.63, 3.8) is 0 Å². The predicted molar refractivity (Wildman–Crippen MR) is 77.0 cm³/mol. The summed E-state index contributed by atoms with van der Waals surface area (Å²) in [7, 11) is 0. The molecule has 1 aliphatic carbocycles. The van der Waals surface area contributed by atoms with Crippen LogP contribution in [0, 0.1) is 12.7 Å². The summed E-state index contributed by atoms with van der Waals surface area (Å²) in [4.78, 5) is 4.43. The topological polar surface area (TPSA) is 51.0 Å². The van der Waals surface area contributed by atoms with Crippen molar-refractivity contribution in [3.05, 3.63) is 47.4 Å². The molecule has 0 bridgehead atoms. The molecule has 3 rings (SSSR count). The molecule has 0 atom stereocenters. The Morgan fingerprint density at radius 3 is 2.52 bits per heavy atom. The van der Waals surface area contributed by atoms with Crippen LogP contribution >= 0.6 is 0 Å². The molecule has 1 aromatic heterocycles. The molecule has 0 amide bonds. The van der Waals surface area contributed by atoms with Gasteiger partial charge in [-0.1, -0.05) is 36.6 Å². The fraction of sp³-hybridized carbons (Fsp3) is 0.500. The summed E-state index contributed by atoms with van der Waals surface area (Å²) in [5, 5.41) is 7.72. The molecule has 0 radical (unpaired) electrons. The van der Waals surface area contributed by atoms with Gasteiger partial charge in [0.15, 0.2) is 5.82 Å². The van der Waals surface area contributed by atoms with Crippen molar-refractivity contribution in [2.24, 2.45) is 0 Å². The zero-order valence-electron chi connectivity index (χ0n) is 12.2. The number of hydrogen-bond acceptors (Lipinski definition) is 4. The van der Waals surface area contributed by atoms with E-state index in [2.05, 4.69) is 15.5 Å². The zero-order valence-corrected chi connectivity index (χ0v) is 12.2. The van der Waals surface area contributed by atoms with Crippen LogP contribution in [0.4, 0.5) is 4.39 Å². The summed E-state index contributed by atoms with van der Waals surface area (Å²) in [6, 6.07) is 6.59. The number of benzene rings is 1.